The summed E-state index contributed by atoms with van der Waals surface area (Å²) in [7, 11) is 0. The van der Waals surface area contributed by atoms with Crippen LogP contribution in [0.4, 0.5) is 0 Å². The molecule has 0 spiro atoms. The van der Waals surface area contributed by atoms with Gasteiger partial charge in [0.05, 0.1) is 13.2 Å². The third kappa shape index (κ3) is 4.83. The van der Waals surface area contributed by atoms with Crippen LogP contribution in [-0.2, 0) is 16.1 Å². The summed E-state index contributed by atoms with van der Waals surface area (Å²) in [5.74, 6) is 0.118. The van der Waals surface area contributed by atoms with Crippen molar-refractivity contribution in [3.63, 3.8) is 0 Å². The van der Waals surface area contributed by atoms with Gasteiger partial charge in [0.15, 0.2) is 5.78 Å². The predicted octanol–water partition coefficient (Wildman–Crippen LogP) is 3.77. The van der Waals surface area contributed by atoms with E-state index >= 15 is 0 Å². The van der Waals surface area contributed by atoms with Crippen LogP contribution in [0.25, 0.3) is 0 Å². The molecule has 1 amide bonds. The molecule has 1 aromatic rings. The lowest BCUT2D eigenvalue weighted by atomic mass is 10.0. The van der Waals surface area contributed by atoms with Gasteiger partial charge in [-0.05, 0) is 58.4 Å². The van der Waals surface area contributed by atoms with Gasteiger partial charge in [0.2, 0.25) is 5.91 Å². The number of rotatable bonds is 10. The highest BCUT2D eigenvalue weighted by atomic mass is 16.5. The van der Waals surface area contributed by atoms with Crippen molar-refractivity contribution in [1.29, 1.82) is 0 Å². The summed E-state index contributed by atoms with van der Waals surface area (Å²) < 4.78 is 7.02. The number of carbonyl (C=O) groups is 3. The minimum atomic E-state index is -0.408. The first-order valence-electron chi connectivity index (χ1n) is 10.4. The van der Waals surface area contributed by atoms with Gasteiger partial charge in [-0.1, -0.05) is 13.8 Å². The minimum Gasteiger partial charge on any atom is -0.461 e. The normalized spacial score (nSPS) is 13.7. The molecule has 0 atom stereocenters. The second-order valence-corrected chi connectivity index (χ2v) is 8.04. The van der Waals surface area contributed by atoms with Crippen LogP contribution in [-0.4, -0.2) is 46.8 Å². The van der Waals surface area contributed by atoms with Gasteiger partial charge in [0, 0.05) is 30.3 Å². The predicted molar refractivity (Wildman–Crippen MR) is 109 cm³/mol. The SMILES string of the molecule is CCOC(=O)c1c(C)c(C(=O)CN(CCC(C)C)C(=O)C2CC2)c(C)n1CC. The zero-order valence-electron chi connectivity index (χ0n) is 18.1. The van der Waals surface area contributed by atoms with Crippen molar-refractivity contribution in [2.24, 2.45) is 11.8 Å². The molecule has 2 rings (SSSR count). The number of amides is 1. The van der Waals surface area contributed by atoms with Crippen LogP contribution in [0.5, 0.6) is 0 Å². The highest BCUT2D eigenvalue weighted by Gasteiger charge is 2.35. The van der Waals surface area contributed by atoms with E-state index in [1.165, 1.54) is 0 Å². The van der Waals surface area contributed by atoms with E-state index in [-0.39, 0.29) is 30.8 Å². The molecule has 0 aromatic carbocycles. The van der Waals surface area contributed by atoms with Crippen LogP contribution in [0.1, 0.15) is 79.1 Å². The summed E-state index contributed by atoms with van der Waals surface area (Å²) in [6, 6.07) is 0. The minimum absolute atomic E-state index is 0.0692. The van der Waals surface area contributed by atoms with E-state index in [0.29, 0.717) is 35.8 Å². The van der Waals surface area contributed by atoms with Gasteiger partial charge in [0.25, 0.3) is 0 Å². The summed E-state index contributed by atoms with van der Waals surface area (Å²) in [6.45, 7) is 13.1. The van der Waals surface area contributed by atoms with Gasteiger partial charge in [0.1, 0.15) is 5.69 Å². The Kier molecular flexibility index (Phi) is 7.44. The number of ether oxygens (including phenoxy) is 1. The molecule has 1 aliphatic rings. The Balaban J connectivity index is 2.30. The van der Waals surface area contributed by atoms with E-state index in [2.05, 4.69) is 13.8 Å². The average Bonchev–Trinajstić information content (AvgIpc) is 3.43. The molecule has 1 saturated carbocycles. The van der Waals surface area contributed by atoms with Crippen molar-refractivity contribution < 1.29 is 19.1 Å². The second-order valence-electron chi connectivity index (χ2n) is 8.04. The number of ketones is 1. The van der Waals surface area contributed by atoms with Crippen molar-refractivity contribution in [2.75, 3.05) is 19.7 Å². The van der Waals surface area contributed by atoms with Crippen LogP contribution >= 0.6 is 0 Å². The first kappa shape index (κ1) is 22.2. The number of aromatic nitrogens is 1. The van der Waals surface area contributed by atoms with Crippen molar-refractivity contribution in [1.82, 2.24) is 9.47 Å². The Labute approximate surface area is 168 Å². The molecule has 0 aliphatic heterocycles. The number of nitrogens with zero attached hydrogens (tertiary/aromatic N) is 2. The molecule has 0 N–H and O–H groups in total. The summed E-state index contributed by atoms with van der Waals surface area (Å²) in [5.41, 5.74) is 2.39. The van der Waals surface area contributed by atoms with Crippen molar-refractivity contribution in [3.05, 3.63) is 22.5 Å². The number of hydrogen-bond acceptors (Lipinski definition) is 4. The molecule has 0 radical (unpaired) electrons. The van der Waals surface area contributed by atoms with Gasteiger partial charge in [-0.3, -0.25) is 9.59 Å². The molecule has 6 heteroatoms. The van der Waals surface area contributed by atoms with Gasteiger partial charge >= 0.3 is 5.97 Å². The quantitative estimate of drug-likeness (QED) is 0.450. The summed E-state index contributed by atoms with van der Waals surface area (Å²) in [5, 5.41) is 0. The molecule has 1 aliphatic carbocycles. The van der Waals surface area contributed by atoms with Crippen molar-refractivity contribution in [2.45, 2.75) is 67.3 Å². The smallest absolute Gasteiger partial charge is 0.355 e. The number of hydrogen-bond donors (Lipinski definition) is 0. The van der Waals surface area contributed by atoms with Gasteiger partial charge in [-0.2, -0.15) is 0 Å². The van der Waals surface area contributed by atoms with Gasteiger partial charge in [-0.25, -0.2) is 4.79 Å². The lowest BCUT2D eigenvalue weighted by Gasteiger charge is -2.23. The lowest BCUT2D eigenvalue weighted by molar-refractivity contribution is -0.132. The zero-order chi connectivity index (χ0) is 21.0. The molecule has 28 heavy (non-hydrogen) atoms. The maximum absolute atomic E-state index is 13.2. The lowest BCUT2D eigenvalue weighted by Crippen LogP contribution is -2.38. The van der Waals surface area contributed by atoms with Crippen LogP contribution in [0.2, 0.25) is 0 Å². The van der Waals surface area contributed by atoms with E-state index in [1.807, 2.05) is 18.4 Å². The van der Waals surface area contributed by atoms with Crippen molar-refractivity contribution in [3.8, 4) is 0 Å². The molecule has 1 aromatic heterocycles. The fourth-order valence-electron chi connectivity index (χ4n) is 3.69. The first-order chi connectivity index (χ1) is 13.2. The molecule has 6 nitrogen and oxygen atoms in total. The zero-order valence-corrected chi connectivity index (χ0v) is 18.1. The summed E-state index contributed by atoms with van der Waals surface area (Å²) in [4.78, 5) is 40.0. The maximum Gasteiger partial charge on any atom is 0.355 e. The Hall–Kier alpha value is -2.11. The molecular formula is C22H34N2O4. The molecule has 0 saturated heterocycles. The average molecular weight is 391 g/mol. The molecule has 1 heterocycles. The Morgan fingerprint density at radius 3 is 2.32 bits per heavy atom. The highest BCUT2D eigenvalue weighted by Crippen LogP contribution is 2.31. The molecular weight excluding hydrogens is 356 g/mol. The standard InChI is InChI=1S/C22H34N2O4/c1-7-24-16(6)19(15(5)20(24)22(27)28-8-2)18(25)13-23(12-11-14(3)4)21(26)17-9-10-17/h14,17H,7-13H2,1-6H3. The van der Waals surface area contributed by atoms with E-state index in [0.717, 1.165) is 25.0 Å². The van der Waals surface area contributed by atoms with E-state index < -0.39 is 5.97 Å². The van der Waals surface area contributed by atoms with E-state index in [9.17, 15) is 14.4 Å². The van der Waals surface area contributed by atoms with Gasteiger partial charge in [-0.15, -0.1) is 0 Å². The number of Topliss-reactive ketones (excluding diaryl/α,β-unsaturated/α-hetero) is 1. The fourth-order valence-corrected chi connectivity index (χ4v) is 3.69. The highest BCUT2D eigenvalue weighted by molar-refractivity contribution is 6.04. The summed E-state index contributed by atoms with van der Waals surface area (Å²) >= 11 is 0. The van der Waals surface area contributed by atoms with Gasteiger partial charge < -0.3 is 14.2 Å². The second kappa shape index (κ2) is 9.39. The Bertz CT molecular complexity index is 744. The Morgan fingerprint density at radius 2 is 1.82 bits per heavy atom. The van der Waals surface area contributed by atoms with Crippen molar-refractivity contribution >= 4 is 17.7 Å². The van der Waals surface area contributed by atoms with E-state index in [1.54, 1.807) is 18.7 Å². The molecule has 1 fully saturated rings. The third-order valence-corrected chi connectivity index (χ3v) is 5.38. The summed E-state index contributed by atoms with van der Waals surface area (Å²) in [6.07, 6.45) is 2.71. The topological polar surface area (TPSA) is 68.6 Å². The molecule has 0 unspecified atom stereocenters. The van der Waals surface area contributed by atoms with Crippen LogP contribution in [0, 0.1) is 25.7 Å². The van der Waals surface area contributed by atoms with Crippen LogP contribution in [0.3, 0.4) is 0 Å². The Morgan fingerprint density at radius 1 is 1.18 bits per heavy atom. The molecule has 0 bridgehead atoms. The first-order valence-corrected chi connectivity index (χ1v) is 10.4. The monoisotopic (exact) mass is 390 g/mol. The van der Waals surface area contributed by atoms with Crippen LogP contribution in [0.15, 0.2) is 0 Å². The van der Waals surface area contributed by atoms with E-state index in [4.69, 9.17) is 4.74 Å². The number of esters is 1. The maximum atomic E-state index is 13.2. The van der Waals surface area contributed by atoms with Crippen LogP contribution < -0.4 is 0 Å². The third-order valence-electron chi connectivity index (χ3n) is 5.38. The number of carbonyl (C=O) groups excluding carboxylic acids is 3. The molecule has 156 valence electrons. The largest absolute Gasteiger partial charge is 0.461 e. The fraction of sp³-hybridized carbons (Fsp3) is 0.682.